The third kappa shape index (κ3) is 3.35. The van der Waals surface area contributed by atoms with Crippen LogP contribution in [0.2, 0.25) is 0 Å². The quantitative estimate of drug-likeness (QED) is 0.428. The van der Waals surface area contributed by atoms with E-state index in [1.54, 1.807) is 0 Å². The smallest absolute Gasteiger partial charge is 0.187 e. The number of ether oxygens (including phenoxy) is 1. The van der Waals surface area contributed by atoms with Gasteiger partial charge in [-0.15, -0.1) is 0 Å². The summed E-state index contributed by atoms with van der Waals surface area (Å²) >= 11 is 0. The number of aromatic amines is 1. The van der Waals surface area contributed by atoms with Gasteiger partial charge in [0.2, 0.25) is 0 Å². The van der Waals surface area contributed by atoms with Crippen molar-refractivity contribution in [3.8, 4) is 34.1 Å². The predicted molar refractivity (Wildman–Crippen MR) is 118 cm³/mol. The van der Waals surface area contributed by atoms with Crippen molar-refractivity contribution in [2.24, 2.45) is 0 Å². The van der Waals surface area contributed by atoms with E-state index in [-0.39, 0.29) is 0 Å². The number of anilines is 1. The third-order valence-corrected chi connectivity index (χ3v) is 4.86. The molecule has 6 heteroatoms. The van der Waals surface area contributed by atoms with Gasteiger partial charge in [-0.3, -0.25) is 5.10 Å². The number of H-pyrrole nitrogens is 1. The second-order valence-electron chi connectivity index (χ2n) is 7.04. The first-order valence-corrected chi connectivity index (χ1v) is 9.59. The molecule has 0 aliphatic carbocycles. The Morgan fingerprint density at radius 1 is 0.767 bits per heavy atom. The van der Waals surface area contributed by atoms with Gasteiger partial charge >= 0.3 is 0 Å². The van der Waals surface area contributed by atoms with Crippen LogP contribution in [0.1, 0.15) is 5.56 Å². The molecule has 0 bridgehead atoms. The number of para-hydroxylation sites is 1. The van der Waals surface area contributed by atoms with E-state index in [0.717, 1.165) is 28.3 Å². The van der Waals surface area contributed by atoms with Crippen molar-refractivity contribution in [3.63, 3.8) is 0 Å². The maximum Gasteiger partial charge on any atom is 0.187 e. The lowest BCUT2D eigenvalue weighted by Crippen LogP contribution is -1.96. The highest BCUT2D eigenvalue weighted by atomic mass is 16.5. The van der Waals surface area contributed by atoms with Gasteiger partial charge in [-0.1, -0.05) is 48.0 Å². The number of benzene rings is 3. The molecule has 30 heavy (non-hydrogen) atoms. The van der Waals surface area contributed by atoms with Crippen molar-refractivity contribution in [2.45, 2.75) is 6.92 Å². The summed E-state index contributed by atoms with van der Waals surface area (Å²) in [5.41, 5.74) is 10.4. The summed E-state index contributed by atoms with van der Waals surface area (Å²) in [5.74, 6) is 2.58. The third-order valence-electron chi connectivity index (χ3n) is 4.86. The number of nitrogens with one attached hydrogen (secondary N) is 1. The molecule has 0 fully saturated rings. The van der Waals surface area contributed by atoms with Gasteiger partial charge in [0.05, 0.1) is 11.1 Å². The zero-order chi connectivity index (χ0) is 20.5. The highest BCUT2D eigenvalue weighted by molar-refractivity contribution is 5.98. The Balaban J connectivity index is 1.57. The summed E-state index contributed by atoms with van der Waals surface area (Å²) < 4.78 is 5.89. The summed E-state index contributed by atoms with van der Waals surface area (Å²) in [6, 6.07) is 25.5. The van der Waals surface area contributed by atoms with Crippen LogP contribution in [0, 0.1) is 6.92 Å². The molecule has 0 aliphatic heterocycles. The molecule has 5 rings (SSSR count). The highest BCUT2D eigenvalue weighted by Gasteiger charge is 2.16. The van der Waals surface area contributed by atoms with E-state index in [9.17, 15) is 0 Å². The molecule has 0 radical (unpaired) electrons. The Morgan fingerprint density at radius 2 is 1.43 bits per heavy atom. The monoisotopic (exact) mass is 393 g/mol. The van der Waals surface area contributed by atoms with Crippen LogP contribution in [-0.4, -0.2) is 20.2 Å². The number of nitrogen functional groups attached to an aromatic ring is 1. The molecule has 146 valence electrons. The maximum atomic E-state index is 6.13. The summed E-state index contributed by atoms with van der Waals surface area (Å²) in [4.78, 5) is 9.42. The molecule has 2 aromatic heterocycles. The predicted octanol–water partition coefficient (Wildman–Crippen LogP) is 5.37. The van der Waals surface area contributed by atoms with Crippen LogP contribution in [0.5, 0.6) is 11.5 Å². The minimum atomic E-state index is 0.445. The number of nitrogens with two attached hydrogens (primary N) is 1. The van der Waals surface area contributed by atoms with Crippen LogP contribution < -0.4 is 10.5 Å². The SMILES string of the molecule is Cc1ccc(-c2nc(-c3ccc(Oc4ccccc4)cc3)c3c(N)[nH]nc3n2)cc1. The second kappa shape index (κ2) is 7.33. The highest BCUT2D eigenvalue weighted by Crippen LogP contribution is 2.33. The molecule has 0 spiro atoms. The molecule has 0 saturated carbocycles. The lowest BCUT2D eigenvalue weighted by atomic mass is 10.1. The van der Waals surface area contributed by atoms with E-state index in [1.807, 2.05) is 85.8 Å². The van der Waals surface area contributed by atoms with Gasteiger partial charge in [-0.25, -0.2) is 9.97 Å². The first-order valence-electron chi connectivity index (χ1n) is 9.59. The number of aromatic nitrogens is 4. The van der Waals surface area contributed by atoms with Crippen LogP contribution in [0.25, 0.3) is 33.7 Å². The Kier molecular flexibility index (Phi) is 4.37. The molecule has 3 N–H and O–H groups in total. The number of fused-ring (bicyclic) bond motifs is 1. The van der Waals surface area contributed by atoms with Crippen LogP contribution in [0.4, 0.5) is 5.82 Å². The standard InChI is InChI=1S/C24H19N5O/c1-15-7-9-17(10-8-15)23-26-21(20-22(25)28-29-24(20)27-23)16-11-13-19(14-12-16)30-18-5-3-2-4-6-18/h2-14H,1H3,(H3,25,26,27,28,29). The number of rotatable bonds is 4. The van der Waals surface area contributed by atoms with Crippen LogP contribution in [0.15, 0.2) is 78.9 Å². The van der Waals surface area contributed by atoms with E-state index >= 15 is 0 Å². The second-order valence-corrected chi connectivity index (χ2v) is 7.04. The first kappa shape index (κ1) is 17.9. The Hall–Kier alpha value is -4.19. The largest absolute Gasteiger partial charge is 0.457 e. The van der Waals surface area contributed by atoms with Gasteiger partial charge in [0.15, 0.2) is 11.5 Å². The van der Waals surface area contributed by atoms with Crippen molar-refractivity contribution >= 4 is 16.9 Å². The minimum absolute atomic E-state index is 0.445. The molecular weight excluding hydrogens is 374 g/mol. The fourth-order valence-electron chi connectivity index (χ4n) is 3.29. The van der Waals surface area contributed by atoms with Crippen molar-refractivity contribution in [1.29, 1.82) is 0 Å². The van der Waals surface area contributed by atoms with Gasteiger partial charge < -0.3 is 10.5 Å². The fourth-order valence-corrected chi connectivity index (χ4v) is 3.29. The van der Waals surface area contributed by atoms with Crippen LogP contribution in [0.3, 0.4) is 0 Å². The number of hydrogen-bond acceptors (Lipinski definition) is 5. The van der Waals surface area contributed by atoms with Crippen molar-refractivity contribution in [3.05, 3.63) is 84.4 Å². The Bertz CT molecular complexity index is 1310. The van der Waals surface area contributed by atoms with Gasteiger partial charge in [0.25, 0.3) is 0 Å². The Morgan fingerprint density at radius 3 is 2.17 bits per heavy atom. The van der Waals surface area contributed by atoms with E-state index < -0.39 is 0 Å². The molecule has 0 atom stereocenters. The van der Waals surface area contributed by atoms with Gasteiger partial charge in [0.1, 0.15) is 17.3 Å². The molecule has 5 aromatic rings. The summed E-state index contributed by atoms with van der Waals surface area (Å²) in [5, 5.41) is 7.79. The molecule has 3 aromatic carbocycles. The van der Waals surface area contributed by atoms with Crippen molar-refractivity contribution in [2.75, 3.05) is 5.73 Å². The molecule has 6 nitrogen and oxygen atoms in total. The average molecular weight is 393 g/mol. The topological polar surface area (TPSA) is 89.7 Å². The maximum absolute atomic E-state index is 6.13. The van der Waals surface area contributed by atoms with Crippen molar-refractivity contribution in [1.82, 2.24) is 20.2 Å². The molecule has 2 heterocycles. The van der Waals surface area contributed by atoms with E-state index in [4.69, 9.17) is 15.5 Å². The van der Waals surface area contributed by atoms with Gasteiger partial charge in [-0.2, -0.15) is 5.10 Å². The van der Waals surface area contributed by atoms with E-state index in [0.29, 0.717) is 22.7 Å². The van der Waals surface area contributed by atoms with Crippen LogP contribution >= 0.6 is 0 Å². The minimum Gasteiger partial charge on any atom is -0.457 e. The molecule has 0 amide bonds. The Labute approximate surface area is 173 Å². The molecular formula is C24H19N5O. The van der Waals surface area contributed by atoms with Gasteiger partial charge in [-0.05, 0) is 43.3 Å². The van der Waals surface area contributed by atoms with Gasteiger partial charge in [0, 0.05) is 11.1 Å². The number of nitrogens with zero attached hydrogens (tertiary/aromatic N) is 3. The fraction of sp³-hybridized carbons (Fsp3) is 0.0417. The van der Waals surface area contributed by atoms with E-state index in [1.165, 1.54) is 5.56 Å². The van der Waals surface area contributed by atoms with Crippen LogP contribution in [-0.2, 0) is 0 Å². The summed E-state index contributed by atoms with van der Waals surface area (Å²) in [7, 11) is 0. The lowest BCUT2D eigenvalue weighted by molar-refractivity contribution is 0.483. The molecule has 0 aliphatic rings. The zero-order valence-electron chi connectivity index (χ0n) is 16.3. The average Bonchev–Trinajstić information content (AvgIpc) is 3.16. The summed E-state index contributed by atoms with van der Waals surface area (Å²) in [6.45, 7) is 2.05. The normalized spacial score (nSPS) is 11.0. The lowest BCUT2D eigenvalue weighted by Gasteiger charge is -2.09. The summed E-state index contributed by atoms with van der Waals surface area (Å²) in [6.07, 6.45) is 0. The molecule has 0 saturated heterocycles. The number of aryl methyl sites for hydroxylation is 1. The first-order chi connectivity index (χ1) is 14.7. The zero-order valence-corrected chi connectivity index (χ0v) is 16.3. The van der Waals surface area contributed by atoms with E-state index in [2.05, 4.69) is 15.2 Å². The number of hydrogen-bond donors (Lipinski definition) is 2. The molecule has 0 unspecified atom stereocenters. The van der Waals surface area contributed by atoms with Crippen molar-refractivity contribution < 1.29 is 4.74 Å².